The highest BCUT2D eigenvalue weighted by Crippen LogP contribution is 1.98. The van der Waals surface area contributed by atoms with Crippen molar-refractivity contribution in [2.45, 2.75) is 31.8 Å². The molecule has 0 fully saturated rings. The number of aliphatic carboxylic acids is 1. The van der Waals surface area contributed by atoms with E-state index in [1.54, 1.807) is 4.68 Å². The van der Waals surface area contributed by atoms with Crippen molar-refractivity contribution in [2.75, 3.05) is 6.54 Å². The Morgan fingerprint density at radius 2 is 2.41 bits per heavy atom. The minimum absolute atomic E-state index is 0.515. The van der Waals surface area contributed by atoms with Crippen LogP contribution in [0, 0.1) is 0 Å². The number of hydrogen-bond donors (Lipinski definition) is 3. The van der Waals surface area contributed by atoms with Crippen molar-refractivity contribution in [1.82, 2.24) is 20.1 Å². The smallest absolute Gasteiger partial charge is 0.320 e. The van der Waals surface area contributed by atoms with Gasteiger partial charge < -0.3 is 16.2 Å². The van der Waals surface area contributed by atoms with Crippen molar-refractivity contribution in [3.63, 3.8) is 0 Å². The van der Waals surface area contributed by atoms with Crippen LogP contribution < -0.4 is 11.1 Å². The third-order valence-corrected chi connectivity index (χ3v) is 2.52. The van der Waals surface area contributed by atoms with Crippen LogP contribution in [-0.2, 0) is 18.4 Å². The topological polar surface area (TPSA) is 106 Å². The van der Waals surface area contributed by atoms with E-state index in [0.717, 1.165) is 25.2 Å². The second-order valence-electron chi connectivity index (χ2n) is 3.92. The number of carboxylic acids is 1. The Labute approximate surface area is 100 Å². The van der Waals surface area contributed by atoms with Crippen LogP contribution in [0.15, 0.2) is 6.33 Å². The highest BCUT2D eigenvalue weighted by molar-refractivity contribution is 5.72. The number of carbonyl (C=O) groups is 1. The number of unbranched alkanes of at least 4 members (excludes halogenated alkanes) is 1. The lowest BCUT2D eigenvalue weighted by atomic mass is 10.1. The van der Waals surface area contributed by atoms with Gasteiger partial charge >= 0.3 is 5.97 Å². The minimum Gasteiger partial charge on any atom is -0.480 e. The molecule has 0 aliphatic heterocycles. The molecule has 0 saturated carbocycles. The normalized spacial score (nSPS) is 12.6. The van der Waals surface area contributed by atoms with E-state index in [9.17, 15) is 4.79 Å². The first-order valence-electron chi connectivity index (χ1n) is 5.63. The third kappa shape index (κ3) is 4.92. The predicted molar refractivity (Wildman–Crippen MR) is 62.2 cm³/mol. The van der Waals surface area contributed by atoms with Gasteiger partial charge in [0.15, 0.2) is 0 Å². The van der Waals surface area contributed by atoms with E-state index in [2.05, 4.69) is 15.4 Å². The summed E-state index contributed by atoms with van der Waals surface area (Å²) in [6.07, 6.45) is 3.74. The summed E-state index contributed by atoms with van der Waals surface area (Å²) in [5.41, 5.74) is 5.39. The number of nitrogens with one attached hydrogen (secondary N) is 1. The maximum atomic E-state index is 10.5. The van der Waals surface area contributed by atoms with Crippen molar-refractivity contribution in [2.24, 2.45) is 12.8 Å². The maximum absolute atomic E-state index is 10.5. The second kappa shape index (κ2) is 6.97. The summed E-state index contributed by atoms with van der Waals surface area (Å²) in [7, 11) is 1.84. The lowest BCUT2D eigenvalue weighted by Crippen LogP contribution is -2.30. The zero-order valence-electron chi connectivity index (χ0n) is 9.96. The molecule has 96 valence electrons. The van der Waals surface area contributed by atoms with E-state index in [1.165, 1.54) is 6.33 Å². The minimum atomic E-state index is -0.933. The quantitative estimate of drug-likeness (QED) is 0.529. The van der Waals surface area contributed by atoms with E-state index in [0.29, 0.717) is 13.0 Å². The molecule has 17 heavy (non-hydrogen) atoms. The predicted octanol–water partition coefficient (Wildman–Crippen LogP) is -0.513. The largest absolute Gasteiger partial charge is 0.480 e. The van der Waals surface area contributed by atoms with Crippen molar-refractivity contribution in [3.8, 4) is 0 Å². The zero-order chi connectivity index (χ0) is 12.7. The molecule has 1 atom stereocenters. The summed E-state index contributed by atoms with van der Waals surface area (Å²) in [4.78, 5) is 14.5. The van der Waals surface area contributed by atoms with Crippen molar-refractivity contribution >= 4 is 5.97 Å². The molecule has 0 saturated heterocycles. The highest BCUT2D eigenvalue weighted by Gasteiger charge is 2.09. The Hall–Kier alpha value is -1.47. The Balaban J connectivity index is 2.02. The number of carboxylic acid groups (broad SMARTS) is 1. The molecule has 4 N–H and O–H groups in total. The number of nitrogens with two attached hydrogens (primary N) is 1. The number of aromatic nitrogens is 3. The standard InChI is InChI=1S/C10H19N5O2/c1-15-9(13-7-14-15)6-12-5-3-2-4-8(11)10(16)17/h7-8,12H,2-6,11H2,1H3,(H,16,17)/t8-/m0/s1. The van der Waals surface area contributed by atoms with Gasteiger partial charge in [0.25, 0.3) is 0 Å². The molecule has 0 spiro atoms. The average Bonchev–Trinajstić information content (AvgIpc) is 2.68. The molecule has 0 radical (unpaired) electrons. The summed E-state index contributed by atoms with van der Waals surface area (Å²) in [6.45, 7) is 1.49. The second-order valence-corrected chi connectivity index (χ2v) is 3.92. The summed E-state index contributed by atoms with van der Waals surface area (Å²) >= 11 is 0. The van der Waals surface area contributed by atoms with Gasteiger partial charge in [-0.25, -0.2) is 4.98 Å². The van der Waals surface area contributed by atoms with Crippen LogP contribution in [0.2, 0.25) is 0 Å². The van der Waals surface area contributed by atoms with Crippen molar-refractivity contribution in [1.29, 1.82) is 0 Å². The Kier molecular flexibility index (Phi) is 5.58. The molecule has 7 heteroatoms. The van der Waals surface area contributed by atoms with Gasteiger partial charge in [-0.05, 0) is 19.4 Å². The van der Waals surface area contributed by atoms with E-state index in [1.807, 2.05) is 7.05 Å². The average molecular weight is 241 g/mol. The first-order valence-corrected chi connectivity index (χ1v) is 5.63. The van der Waals surface area contributed by atoms with Gasteiger partial charge in [-0.15, -0.1) is 0 Å². The van der Waals surface area contributed by atoms with Crippen LogP contribution in [-0.4, -0.2) is 38.4 Å². The third-order valence-electron chi connectivity index (χ3n) is 2.52. The van der Waals surface area contributed by atoms with Gasteiger partial charge in [0.2, 0.25) is 0 Å². The molecule has 0 amide bonds. The Bertz CT molecular complexity index is 352. The van der Waals surface area contributed by atoms with Crippen molar-refractivity contribution < 1.29 is 9.90 Å². The fourth-order valence-corrected chi connectivity index (χ4v) is 1.42. The highest BCUT2D eigenvalue weighted by atomic mass is 16.4. The zero-order valence-corrected chi connectivity index (χ0v) is 9.96. The first kappa shape index (κ1) is 13.6. The van der Waals surface area contributed by atoms with Crippen LogP contribution in [0.1, 0.15) is 25.1 Å². The molecular formula is C10H19N5O2. The van der Waals surface area contributed by atoms with E-state index in [4.69, 9.17) is 10.8 Å². The molecule has 1 aromatic heterocycles. The molecule has 0 aliphatic rings. The van der Waals surface area contributed by atoms with E-state index < -0.39 is 12.0 Å². The van der Waals surface area contributed by atoms with Crippen LogP contribution >= 0.6 is 0 Å². The SMILES string of the molecule is Cn1ncnc1CNCCCC[C@H](N)C(=O)O. The van der Waals surface area contributed by atoms with Crippen LogP contribution in [0.5, 0.6) is 0 Å². The van der Waals surface area contributed by atoms with Crippen LogP contribution in [0.4, 0.5) is 0 Å². The number of nitrogens with zero attached hydrogens (tertiary/aromatic N) is 3. The first-order chi connectivity index (χ1) is 8.11. The Morgan fingerprint density at radius 1 is 1.65 bits per heavy atom. The van der Waals surface area contributed by atoms with Gasteiger partial charge in [-0.2, -0.15) is 5.10 Å². The summed E-state index contributed by atoms with van der Waals surface area (Å²) < 4.78 is 1.72. The fraction of sp³-hybridized carbons (Fsp3) is 0.700. The van der Waals surface area contributed by atoms with E-state index in [-0.39, 0.29) is 0 Å². The molecule has 7 nitrogen and oxygen atoms in total. The molecule has 1 heterocycles. The molecule has 1 aromatic rings. The van der Waals surface area contributed by atoms with Crippen LogP contribution in [0.25, 0.3) is 0 Å². The van der Waals surface area contributed by atoms with Crippen molar-refractivity contribution in [3.05, 3.63) is 12.2 Å². The van der Waals surface area contributed by atoms with Gasteiger partial charge in [-0.3, -0.25) is 9.48 Å². The monoisotopic (exact) mass is 241 g/mol. The fourth-order valence-electron chi connectivity index (χ4n) is 1.42. The molecular weight excluding hydrogens is 222 g/mol. The van der Waals surface area contributed by atoms with Gasteiger partial charge in [0, 0.05) is 7.05 Å². The number of hydrogen-bond acceptors (Lipinski definition) is 5. The van der Waals surface area contributed by atoms with Gasteiger partial charge in [0.1, 0.15) is 18.2 Å². The van der Waals surface area contributed by atoms with Crippen LogP contribution in [0.3, 0.4) is 0 Å². The molecule has 0 aliphatic carbocycles. The molecule has 0 unspecified atom stereocenters. The summed E-state index contributed by atoms with van der Waals surface area (Å²) in [5, 5.41) is 15.8. The number of rotatable bonds is 8. The van der Waals surface area contributed by atoms with Gasteiger partial charge in [0.05, 0.1) is 6.54 Å². The lowest BCUT2D eigenvalue weighted by Gasteiger charge is -2.06. The summed E-state index contributed by atoms with van der Waals surface area (Å²) in [6, 6.07) is -0.742. The summed E-state index contributed by atoms with van der Waals surface area (Å²) in [5.74, 6) is -0.0516. The molecule has 0 bridgehead atoms. The molecule has 1 rings (SSSR count). The lowest BCUT2D eigenvalue weighted by molar-refractivity contribution is -0.138. The van der Waals surface area contributed by atoms with E-state index >= 15 is 0 Å². The number of aryl methyl sites for hydroxylation is 1. The maximum Gasteiger partial charge on any atom is 0.320 e. The molecule has 0 aromatic carbocycles. The Morgan fingerprint density at radius 3 is 3.00 bits per heavy atom. The van der Waals surface area contributed by atoms with Gasteiger partial charge in [-0.1, -0.05) is 6.42 Å².